The molecule has 8 atom stereocenters. The van der Waals surface area contributed by atoms with Crippen molar-refractivity contribution in [1.82, 2.24) is 4.90 Å². The van der Waals surface area contributed by atoms with Gasteiger partial charge in [0.1, 0.15) is 6.61 Å². The number of ketones is 1. The van der Waals surface area contributed by atoms with Gasteiger partial charge in [0.25, 0.3) is 0 Å². The van der Waals surface area contributed by atoms with Crippen molar-refractivity contribution < 1.29 is 24.2 Å². The number of hydrogen-bond acceptors (Lipinski definition) is 5. The third kappa shape index (κ3) is 3.85. The topological polar surface area (TPSA) is 76.1 Å². The highest BCUT2D eigenvalue weighted by Gasteiger charge is 2.66. The van der Waals surface area contributed by atoms with E-state index < -0.39 is 5.60 Å². The smallest absolute Gasteiger partial charge is 0.248 e. The first kappa shape index (κ1) is 25.4. The van der Waals surface area contributed by atoms with E-state index in [1.807, 2.05) is 11.0 Å². The van der Waals surface area contributed by atoms with Crippen LogP contribution in [-0.4, -0.2) is 66.3 Å². The Bertz CT molecular complexity index is 880. The lowest BCUT2D eigenvalue weighted by Gasteiger charge is -2.59. The van der Waals surface area contributed by atoms with Crippen LogP contribution in [0.25, 0.3) is 0 Å². The predicted octanol–water partition coefficient (Wildman–Crippen LogP) is 4.29. The predicted molar refractivity (Wildman–Crippen MR) is 134 cm³/mol. The number of hydrogen-bond donors (Lipinski definition) is 1. The molecule has 0 aromatic rings. The van der Waals surface area contributed by atoms with E-state index in [-0.39, 0.29) is 59.0 Å². The van der Waals surface area contributed by atoms with E-state index in [0.29, 0.717) is 13.0 Å². The number of rotatable bonds is 6. The van der Waals surface area contributed by atoms with Crippen molar-refractivity contribution in [1.29, 1.82) is 0 Å². The van der Waals surface area contributed by atoms with Crippen LogP contribution in [0.15, 0.2) is 11.6 Å². The largest absolute Gasteiger partial charge is 0.385 e. The van der Waals surface area contributed by atoms with E-state index in [1.165, 1.54) is 6.42 Å². The molecule has 4 fully saturated rings. The molecule has 0 aromatic carbocycles. The van der Waals surface area contributed by atoms with Gasteiger partial charge in [0.2, 0.25) is 5.91 Å². The molecule has 0 radical (unpaired) electrons. The Morgan fingerprint density at radius 3 is 2.66 bits per heavy atom. The second kappa shape index (κ2) is 9.25. The van der Waals surface area contributed by atoms with Crippen LogP contribution < -0.4 is 0 Å². The number of carbonyl (C=O) groups is 2. The number of methoxy groups -OCH3 is 1. The fraction of sp³-hybridized carbons (Fsp3) is 0.862. The second-order valence-electron chi connectivity index (χ2n) is 12.7. The number of fused-ring (bicyclic) bond motifs is 5. The van der Waals surface area contributed by atoms with Gasteiger partial charge in [-0.25, -0.2) is 0 Å². The average molecular weight is 488 g/mol. The first-order valence-electron chi connectivity index (χ1n) is 14.0. The average Bonchev–Trinajstić information content (AvgIpc) is 3.43. The minimum atomic E-state index is -0.976. The summed E-state index contributed by atoms with van der Waals surface area (Å²) in [6.45, 7) is 8.10. The molecule has 0 aromatic heterocycles. The van der Waals surface area contributed by atoms with Crippen molar-refractivity contribution in [2.24, 2.45) is 28.6 Å². The fourth-order valence-electron chi connectivity index (χ4n) is 9.13. The lowest BCUT2D eigenvalue weighted by Crippen LogP contribution is -2.60. The number of amides is 1. The molecule has 0 bridgehead atoms. The maximum atomic E-state index is 13.3. The van der Waals surface area contributed by atoms with E-state index >= 15 is 0 Å². The van der Waals surface area contributed by atoms with Gasteiger partial charge < -0.3 is 19.5 Å². The number of carbonyl (C=O) groups excluding carboxylic acids is 2. The summed E-state index contributed by atoms with van der Waals surface area (Å²) < 4.78 is 11.1. The Morgan fingerprint density at radius 2 is 1.94 bits per heavy atom. The van der Waals surface area contributed by atoms with Crippen LogP contribution in [0.5, 0.6) is 0 Å². The van der Waals surface area contributed by atoms with Gasteiger partial charge in [-0.1, -0.05) is 26.7 Å². The van der Waals surface area contributed by atoms with Gasteiger partial charge in [-0.15, -0.1) is 0 Å². The third-order valence-electron chi connectivity index (χ3n) is 11.2. The molecular weight excluding hydrogens is 442 g/mol. The van der Waals surface area contributed by atoms with E-state index in [2.05, 4.69) is 20.8 Å². The Balaban J connectivity index is 1.45. The summed E-state index contributed by atoms with van der Waals surface area (Å²) in [6.07, 6.45) is 11.8. The first-order chi connectivity index (χ1) is 16.7. The Labute approximate surface area is 210 Å². The van der Waals surface area contributed by atoms with Crippen molar-refractivity contribution in [2.45, 2.75) is 103 Å². The Morgan fingerprint density at radius 1 is 1.14 bits per heavy atom. The highest BCUT2D eigenvalue weighted by Crippen LogP contribution is 2.67. The van der Waals surface area contributed by atoms with Crippen molar-refractivity contribution in [2.75, 3.05) is 26.9 Å². The van der Waals surface area contributed by atoms with Crippen molar-refractivity contribution in [3.05, 3.63) is 11.6 Å². The van der Waals surface area contributed by atoms with Gasteiger partial charge in [0.15, 0.2) is 5.78 Å². The van der Waals surface area contributed by atoms with Gasteiger partial charge in [-0.05, 0) is 87.2 Å². The SMILES string of the molecule is COCC(=O)N(CC1CCCO1)C(C)C1CC[C@@]2(O)C3=CC(=O)C4CCCCC4(C)C3CC[C@]12C. The molecule has 1 saturated heterocycles. The van der Waals surface area contributed by atoms with Crippen LogP contribution in [0.3, 0.4) is 0 Å². The molecule has 196 valence electrons. The fourth-order valence-corrected chi connectivity index (χ4v) is 9.13. The van der Waals surface area contributed by atoms with Crippen LogP contribution in [0.1, 0.15) is 85.0 Å². The van der Waals surface area contributed by atoms with Crippen molar-refractivity contribution >= 4 is 11.7 Å². The Kier molecular flexibility index (Phi) is 6.72. The van der Waals surface area contributed by atoms with Crippen LogP contribution >= 0.6 is 0 Å². The highest BCUT2D eigenvalue weighted by atomic mass is 16.5. The minimum absolute atomic E-state index is 0.00663. The van der Waals surface area contributed by atoms with Crippen molar-refractivity contribution in [3.63, 3.8) is 0 Å². The molecule has 1 aliphatic heterocycles. The van der Waals surface area contributed by atoms with Crippen LogP contribution in [0.4, 0.5) is 0 Å². The number of nitrogens with zero attached hydrogens (tertiary/aromatic N) is 1. The number of aliphatic hydroxyl groups is 1. The van der Waals surface area contributed by atoms with E-state index in [4.69, 9.17) is 9.47 Å². The monoisotopic (exact) mass is 487 g/mol. The summed E-state index contributed by atoms with van der Waals surface area (Å²) in [4.78, 5) is 28.5. The first-order valence-corrected chi connectivity index (χ1v) is 14.0. The molecule has 5 rings (SSSR count). The molecule has 6 heteroatoms. The van der Waals surface area contributed by atoms with Crippen LogP contribution in [0.2, 0.25) is 0 Å². The van der Waals surface area contributed by atoms with Gasteiger partial charge in [-0.2, -0.15) is 0 Å². The van der Waals surface area contributed by atoms with Gasteiger partial charge in [0, 0.05) is 37.6 Å². The molecule has 1 amide bonds. The summed E-state index contributed by atoms with van der Waals surface area (Å²) >= 11 is 0. The molecule has 35 heavy (non-hydrogen) atoms. The van der Waals surface area contributed by atoms with Gasteiger partial charge in [-0.3, -0.25) is 9.59 Å². The molecule has 6 nitrogen and oxygen atoms in total. The summed E-state index contributed by atoms with van der Waals surface area (Å²) in [5.74, 6) is 0.790. The molecule has 6 unspecified atom stereocenters. The highest BCUT2D eigenvalue weighted by molar-refractivity contribution is 5.95. The summed E-state index contributed by atoms with van der Waals surface area (Å²) in [5.41, 5.74) is -0.355. The van der Waals surface area contributed by atoms with Gasteiger partial charge >= 0.3 is 0 Å². The molecule has 5 aliphatic rings. The lowest BCUT2D eigenvalue weighted by molar-refractivity contribution is -0.146. The van der Waals surface area contributed by atoms with E-state index in [9.17, 15) is 14.7 Å². The minimum Gasteiger partial charge on any atom is -0.385 e. The third-order valence-corrected chi connectivity index (χ3v) is 11.2. The zero-order valence-electron chi connectivity index (χ0n) is 22.2. The van der Waals surface area contributed by atoms with Crippen LogP contribution in [0, 0.1) is 28.6 Å². The zero-order chi connectivity index (χ0) is 25.0. The maximum Gasteiger partial charge on any atom is 0.248 e. The summed E-state index contributed by atoms with van der Waals surface area (Å²) in [7, 11) is 1.56. The molecule has 4 aliphatic carbocycles. The second-order valence-corrected chi connectivity index (χ2v) is 12.7. The zero-order valence-corrected chi connectivity index (χ0v) is 22.2. The Hall–Kier alpha value is -1.24. The summed E-state index contributed by atoms with van der Waals surface area (Å²) in [6, 6.07) is -0.0321. The van der Waals surface area contributed by atoms with E-state index in [0.717, 1.165) is 63.5 Å². The van der Waals surface area contributed by atoms with E-state index in [1.54, 1.807) is 7.11 Å². The van der Waals surface area contributed by atoms with Crippen LogP contribution in [-0.2, 0) is 19.1 Å². The lowest BCUT2D eigenvalue weighted by atomic mass is 9.46. The number of allylic oxidation sites excluding steroid dienone is 1. The maximum absolute atomic E-state index is 13.3. The molecule has 1 N–H and O–H groups in total. The molecule has 3 saturated carbocycles. The van der Waals surface area contributed by atoms with Crippen molar-refractivity contribution in [3.8, 4) is 0 Å². The normalized spacial score (nSPS) is 43.7. The number of ether oxygens (including phenoxy) is 2. The molecule has 1 heterocycles. The van der Waals surface area contributed by atoms with Gasteiger partial charge in [0.05, 0.1) is 11.7 Å². The standard InChI is InChI=1S/C29H45NO5/c1-19(30(26(32)18-34-4)17-20-8-7-15-35-20)21-11-14-29(33)24-16-25(31)23-9-5-6-12-27(23,2)22(24)10-13-28(21,29)3/h16,19-23,33H,5-15,17-18H2,1-4H3/t19?,20?,21?,22?,23?,27?,28-,29-/m1/s1. The summed E-state index contributed by atoms with van der Waals surface area (Å²) in [5, 5.41) is 12.4. The molecular formula is C29H45NO5. The molecule has 0 spiro atoms. The quantitative estimate of drug-likeness (QED) is 0.605.